The number of phosphoric ester groups is 1. The smallest absolute Gasteiger partial charge is 0.306 e. The van der Waals surface area contributed by atoms with Gasteiger partial charge in [0.05, 0.1) is 34.0 Å². The normalized spacial score (nSPS) is 14.3. The monoisotopic (exact) mass is 794 g/mol. The molecule has 0 fully saturated rings. The van der Waals surface area contributed by atoms with E-state index in [-0.39, 0.29) is 32.2 Å². The van der Waals surface area contributed by atoms with Crippen molar-refractivity contribution in [2.24, 2.45) is 0 Å². The van der Waals surface area contributed by atoms with E-state index >= 15 is 0 Å². The molecule has 0 bridgehead atoms. The Balaban J connectivity index is 4.36. The molecule has 0 aliphatic rings. The lowest BCUT2D eigenvalue weighted by atomic mass is 10.0. The molecule has 8 nitrogen and oxygen atoms in total. The van der Waals surface area contributed by atoms with E-state index in [1.54, 1.807) is 6.26 Å². The molecular formula is C46H84NO7P. The minimum atomic E-state index is -4.55. The first-order valence-corrected chi connectivity index (χ1v) is 23.5. The lowest BCUT2D eigenvalue weighted by Gasteiger charge is -2.28. The molecule has 9 heteroatoms. The standard InChI is InChI=1S/C46H84NO7P/c1-6-8-10-12-14-16-18-20-22-24-25-27-29-31-33-35-37-39-46(48)54-45(44-53-55(49,50)52-42-40-47(3,4)5)43-51-41-38-36-34-32-30-28-26-23-21-19-17-15-13-11-9-7-2/h10,12,16,18,22,24,27,29,38,41,45H,6-9,11,13-15,17,19-21,23,25-26,28,30-37,39-40,42-44H2,1-5H3/b12-10+,18-16+,24-22+,29-27+,41-38+/t45-/m1/s1. The summed E-state index contributed by atoms with van der Waals surface area (Å²) in [6.45, 7) is 4.63. The summed E-state index contributed by atoms with van der Waals surface area (Å²) in [5.41, 5.74) is 0. The molecule has 1 unspecified atom stereocenters. The average Bonchev–Trinajstić information content (AvgIpc) is 3.13. The molecule has 0 aromatic heterocycles. The summed E-state index contributed by atoms with van der Waals surface area (Å²) in [7, 11) is 1.30. The molecule has 0 aromatic rings. The number of ether oxygens (including phenoxy) is 2. The van der Waals surface area contributed by atoms with Crippen molar-refractivity contribution in [3.8, 4) is 0 Å². The van der Waals surface area contributed by atoms with Crippen LogP contribution in [-0.4, -0.2) is 64.1 Å². The number of carbonyl (C=O) groups excluding carboxylic acids is 1. The number of nitrogens with zero attached hydrogens (tertiary/aromatic N) is 1. The fourth-order valence-corrected chi connectivity index (χ4v) is 6.41. The van der Waals surface area contributed by atoms with Crippen LogP contribution in [0.25, 0.3) is 0 Å². The highest BCUT2D eigenvalue weighted by atomic mass is 31.2. The number of phosphoric acid groups is 1. The Bertz CT molecular complexity index is 1060. The van der Waals surface area contributed by atoms with E-state index in [2.05, 4.69) is 62.5 Å². The van der Waals surface area contributed by atoms with Gasteiger partial charge in [-0.15, -0.1) is 0 Å². The molecule has 0 saturated heterocycles. The van der Waals surface area contributed by atoms with Crippen LogP contribution in [0, 0.1) is 0 Å². The van der Waals surface area contributed by atoms with Gasteiger partial charge in [0.1, 0.15) is 19.8 Å². The quantitative estimate of drug-likeness (QED) is 0.0152. The average molecular weight is 794 g/mol. The maximum Gasteiger partial charge on any atom is 0.306 e. The number of likely N-dealkylation sites (N-methyl/N-ethyl adjacent to an activating group) is 1. The molecule has 0 N–H and O–H groups in total. The van der Waals surface area contributed by atoms with Crippen LogP contribution in [0.3, 0.4) is 0 Å². The lowest BCUT2D eigenvalue weighted by Crippen LogP contribution is -2.37. The van der Waals surface area contributed by atoms with Crippen molar-refractivity contribution >= 4 is 13.8 Å². The van der Waals surface area contributed by atoms with Gasteiger partial charge >= 0.3 is 5.97 Å². The van der Waals surface area contributed by atoms with Crippen molar-refractivity contribution < 1.29 is 37.3 Å². The molecule has 0 aliphatic heterocycles. The van der Waals surface area contributed by atoms with Crippen molar-refractivity contribution in [3.05, 3.63) is 60.9 Å². The summed E-state index contributed by atoms with van der Waals surface area (Å²) in [4.78, 5) is 25.0. The van der Waals surface area contributed by atoms with Gasteiger partial charge in [-0.2, -0.15) is 0 Å². The molecule has 2 atom stereocenters. The number of rotatable bonds is 40. The highest BCUT2D eigenvalue weighted by Gasteiger charge is 2.20. The maximum atomic E-state index is 12.7. The molecule has 320 valence electrons. The van der Waals surface area contributed by atoms with Gasteiger partial charge in [-0.1, -0.05) is 159 Å². The van der Waals surface area contributed by atoms with Crippen molar-refractivity contribution in [3.63, 3.8) is 0 Å². The second-order valence-electron chi connectivity index (χ2n) is 15.8. The van der Waals surface area contributed by atoms with Crippen LogP contribution in [0.4, 0.5) is 0 Å². The Morgan fingerprint density at radius 2 is 1.05 bits per heavy atom. The summed E-state index contributed by atoms with van der Waals surface area (Å²) in [5, 5.41) is 0. The van der Waals surface area contributed by atoms with Crippen LogP contribution >= 0.6 is 7.82 Å². The summed E-state index contributed by atoms with van der Waals surface area (Å²) in [5.74, 6) is -0.387. The first kappa shape index (κ1) is 53.0. The Morgan fingerprint density at radius 1 is 0.582 bits per heavy atom. The van der Waals surface area contributed by atoms with E-state index in [1.165, 1.54) is 89.9 Å². The predicted octanol–water partition coefficient (Wildman–Crippen LogP) is 12.7. The van der Waals surface area contributed by atoms with Crippen LogP contribution in [0.15, 0.2) is 60.9 Å². The highest BCUT2D eigenvalue weighted by molar-refractivity contribution is 7.45. The van der Waals surface area contributed by atoms with Crippen molar-refractivity contribution in [1.82, 2.24) is 0 Å². The van der Waals surface area contributed by atoms with E-state index < -0.39 is 13.9 Å². The lowest BCUT2D eigenvalue weighted by molar-refractivity contribution is -0.870. The van der Waals surface area contributed by atoms with Gasteiger partial charge in [-0.25, -0.2) is 0 Å². The van der Waals surface area contributed by atoms with Gasteiger partial charge in [0, 0.05) is 6.42 Å². The molecule has 0 radical (unpaired) electrons. The SMILES string of the molecule is CCC/C=C/C/C=C/C/C=C/C/C=C/CCCCCC(=O)O[C@H](CO/C=C/CCCCCCCCCCCCCCCC)COP(=O)([O-])OCC[N+](C)(C)C. The van der Waals surface area contributed by atoms with Crippen LogP contribution in [0.2, 0.25) is 0 Å². The Kier molecular flexibility index (Phi) is 37.5. The molecule has 55 heavy (non-hydrogen) atoms. The van der Waals surface area contributed by atoms with Gasteiger partial charge < -0.3 is 27.9 Å². The van der Waals surface area contributed by atoms with E-state index in [1.807, 2.05) is 27.2 Å². The number of esters is 1. The van der Waals surface area contributed by atoms with Crippen molar-refractivity contribution in [1.29, 1.82) is 0 Å². The van der Waals surface area contributed by atoms with Gasteiger partial charge in [0.25, 0.3) is 7.82 Å². The Morgan fingerprint density at radius 3 is 1.58 bits per heavy atom. The molecule has 0 spiro atoms. The fraction of sp³-hybridized carbons (Fsp3) is 0.761. The Hall–Kier alpha value is -1.96. The van der Waals surface area contributed by atoms with Gasteiger partial charge in [-0.3, -0.25) is 9.36 Å². The third kappa shape index (κ3) is 43.0. The number of unbranched alkanes of at least 4 members (excludes halogenated alkanes) is 18. The zero-order chi connectivity index (χ0) is 40.6. The second-order valence-corrected chi connectivity index (χ2v) is 17.2. The predicted molar refractivity (Wildman–Crippen MR) is 231 cm³/mol. The van der Waals surface area contributed by atoms with E-state index in [4.69, 9.17) is 18.5 Å². The van der Waals surface area contributed by atoms with E-state index in [0.29, 0.717) is 17.4 Å². The van der Waals surface area contributed by atoms with Gasteiger partial charge in [0.15, 0.2) is 6.10 Å². The summed E-state index contributed by atoms with van der Waals surface area (Å²) in [6.07, 6.45) is 49.0. The third-order valence-electron chi connectivity index (χ3n) is 9.12. The summed E-state index contributed by atoms with van der Waals surface area (Å²) >= 11 is 0. The topological polar surface area (TPSA) is 94.1 Å². The van der Waals surface area contributed by atoms with Crippen molar-refractivity contribution in [2.75, 3.05) is 47.5 Å². The van der Waals surface area contributed by atoms with Crippen LogP contribution in [0.5, 0.6) is 0 Å². The number of allylic oxidation sites excluding steroid dienone is 9. The van der Waals surface area contributed by atoms with Gasteiger partial charge in [-0.05, 0) is 63.9 Å². The van der Waals surface area contributed by atoms with E-state index in [9.17, 15) is 14.3 Å². The van der Waals surface area contributed by atoms with Crippen LogP contribution in [0.1, 0.15) is 174 Å². The number of hydrogen-bond donors (Lipinski definition) is 0. The molecule has 0 heterocycles. The zero-order valence-electron chi connectivity index (χ0n) is 36.1. The summed E-state index contributed by atoms with van der Waals surface area (Å²) < 4.78 is 34.3. The molecular weight excluding hydrogens is 709 g/mol. The van der Waals surface area contributed by atoms with Crippen LogP contribution < -0.4 is 4.89 Å². The molecule has 0 aromatic carbocycles. The first-order valence-electron chi connectivity index (χ1n) is 22.1. The molecule has 0 amide bonds. The second kappa shape index (κ2) is 38.9. The van der Waals surface area contributed by atoms with Crippen molar-refractivity contribution in [2.45, 2.75) is 180 Å². The molecule has 0 saturated carbocycles. The largest absolute Gasteiger partial charge is 0.756 e. The van der Waals surface area contributed by atoms with Gasteiger partial charge in [0.2, 0.25) is 0 Å². The molecule has 0 aliphatic carbocycles. The minimum absolute atomic E-state index is 0.00573. The zero-order valence-corrected chi connectivity index (χ0v) is 37.0. The Labute approximate surface area is 339 Å². The first-order chi connectivity index (χ1) is 26.6. The van der Waals surface area contributed by atoms with Crippen LogP contribution in [-0.2, 0) is 27.9 Å². The minimum Gasteiger partial charge on any atom is -0.756 e. The number of carbonyl (C=O) groups is 1. The molecule has 0 rings (SSSR count). The highest BCUT2D eigenvalue weighted by Crippen LogP contribution is 2.38. The fourth-order valence-electron chi connectivity index (χ4n) is 5.68. The summed E-state index contributed by atoms with van der Waals surface area (Å²) in [6, 6.07) is 0. The third-order valence-corrected chi connectivity index (χ3v) is 10.1. The maximum absolute atomic E-state index is 12.7. The number of hydrogen-bond acceptors (Lipinski definition) is 7. The number of quaternary nitrogens is 1. The van der Waals surface area contributed by atoms with E-state index in [0.717, 1.165) is 57.8 Å².